The van der Waals surface area contributed by atoms with Gasteiger partial charge in [0.1, 0.15) is 0 Å². The molecule has 0 aliphatic carbocycles. The van der Waals surface area contributed by atoms with E-state index in [0.717, 1.165) is 25.9 Å². The molecule has 18 heavy (non-hydrogen) atoms. The van der Waals surface area contributed by atoms with Crippen LogP contribution in [-0.4, -0.2) is 66.7 Å². The monoisotopic (exact) mass is 276 g/mol. The largest absolute Gasteiger partial charge is 0.480 e. The molecule has 0 radical (unpaired) electrons. The first kappa shape index (κ1) is 13.8. The molecule has 2 fully saturated rings. The smallest absolute Gasteiger partial charge is 0.323 e. The fraction of sp³-hybridized carbons (Fsp3) is 0.909. The number of piperidine rings is 1. The molecule has 2 rings (SSSR count). The summed E-state index contributed by atoms with van der Waals surface area (Å²) in [6.07, 6.45) is 2.47. The van der Waals surface area contributed by atoms with Crippen molar-refractivity contribution >= 4 is 16.0 Å². The maximum absolute atomic E-state index is 12.3. The maximum Gasteiger partial charge on any atom is 0.323 e. The molecule has 0 spiro atoms. The number of rotatable bonds is 2. The van der Waals surface area contributed by atoms with Crippen LogP contribution >= 0.6 is 0 Å². The SMILES string of the molecule is CN1CCC(N2CCCC(C(=O)O)S2(=O)=O)CC1. The van der Waals surface area contributed by atoms with Gasteiger partial charge in [-0.15, -0.1) is 0 Å². The molecule has 0 aromatic heterocycles. The van der Waals surface area contributed by atoms with Crippen LogP contribution in [0.5, 0.6) is 0 Å². The van der Waals surface area contributed by atoms with Crippen molar-refractivity contribution in [1.29, 1.82) is 0 Å². The van der Waals surface area contributed by atoms with Crippen molar-refractivity contribution in [1.82, 2.24) is 9.21 Å². The van der Waals surface area contributed by atoms with Gasteiger partial charge < -0.3 is 10.0 Å². The number of likely N-dealkylation sites (tertiary alicyclic amines) is 1. The van der Waals surface area contributed by atoms with Gasteiger partial charge in [0.2, 0.25) is 10.0 Å². The molecule has 2 saturated heterocycles. The molecule has 2 aliphatic rings. The molecular weight excluding hydrogens is 256 g/mol. The number of carboxylic acid groups (broad SMARTS) is 1. The number of aliphatic carboxylic acids is 1. The summed E-state index contributed by atoms with van der Waals surface area (Å²) in [4.78, 5) is 13.2. The number of carbonyl (C=O) groups is 1. The lowest BCUT2D eigenvalue weighted by atomic mass is 10.1. The summed E-state index contributed by atoms with van der Waals surface area (Å²) in [7, 11) is -1.65. The van der Waals surface area contributed by atoms with Gasteiger partial charge in [-0.2, -0.15) is 4.31 Å². The van der Waals surface area contributed by atoms with Crippen molar-refractivity contribution in [3.63, 3.8) is 0 Å². The van der Waals surface area contributed by atoms with Gasteiger partial charge in [0.15, 0.2) is 5.25 Å². The molecular formula is C11H20N2O4S. The van der Waals surface area contributed by atoms with Gasteiger partial charge in [-0.25, -0.2) is 8.42 Å². The lowest BCUT2D eigenvalue weighted by molar-refractivity contribution is -0.136. The van der Waals surface area contributed by atoms with Gasteiger partial charge in [-0.3, -0.25) is 4.79 Å². The fourth-order valence-corrected chi connectivity index (χ4v) is 4.85. The molecule has 1 unspecified atom stereocenters. The summed E-state index contributed by atoms with van der Waals surface area (Å²) in [6, 6.07) is -0.0200. The predicted molar refractivity (Wildman–Crippen MR) is 66.8 cm³/mol. The van der Waals surface area contributed by atoms with E-state index in [1.165, 1.54) is 4.31 Å². The minimum absolute atomic E-state index is 0.0200. The van der Waals surface area contributed by atoms with E-state index in [1.807, 2.05) is 7.05 Å². The van der Waals surface area contributed by atoms with Crippen molar-refractivity contribution in [2.45, 2.75) is 37.0 Å². The molecule has 0 bridgehead atoms. The Morgan fingerprint density at radius 1 is 1.17 bits per heavy atom. The highest BCUT2D eigenvalue weighted by Gasteiger charge is 2.43. The summed E-state index contributed by atoms with van der Waals surface area (Å²) in [5.74, 6) is -1.22. The lowest BCUT2D eigenvalue weighted by Crippen LogP contribution is -2.53. The van der Waals surface area contributed by atoms with Crippen LogP contribution in [0.2, 0.25) is 0 Å². The van der Waals surface area contributed by atoms with E-state index in [1.54, 1.807) is 0 Å². The number of carboxylic acids is 1. The van der Waals surface area contributed by atoms with E-state index in [-0.39, 0.29) is 12.5 Å². The van der Waals surface area contributed by atoms with Gasteiger partial charge in [-0.1, -0.05) is 0 Å². The topological polar surface area (TPSA) is 77.9 Å². The van der Waals surface area contributed by atoms with E-state index in [9.17, 15) is 13.2 Å². The van der Waals surface area contributed by atoms with Gasteiger partial charge in [0.25, 0.3) is 0 Å². The Morgan fingerprint density at radius 3 is 2.33 bits per heavy atom. The van der Waals surface area contributed by atoms with Crippen LogP contribution in [0.4, 0.5) is 0 Å². The third-order valence-electron chi connectivity index (χ3n) is 3.90. The minimum atomic E-state index is -3.67. The maximum atomic E-state index is 12.3. The second kappa shape index (κ2) is 5.14. The molecule has 0 aromatic rings. The van der Waals surface area contributed by atoms with Crippen LogP contribution in [0.3, 0.4) is 0 Å². The third kappa shape index (κ3) is 2.53. The first-order valence-corrected chi connectivity index (χ1v) is 7.85. The van der Waals surface area contributed by atoms with Crippen LogP contribution in [0, 0.1) is 0 Å². The van der Waals surface area contributed by atoms with E-state index in [0.29, 0.717) is 13.0 Å². The highest BCUT2D eigenvalue weighted by atomic mass is 32.2. The summed E-state index contributed by atoms with van der Waals surface area (Å²) < 4.78 is 26.0. The number of hydrogen-bond donors (Lipinski definition) is 1. The molecule has 2 heterocycles. The van der Waals surface area contributed by atoms with E-state index in [2.05, 4.69) is 4.90 Å². The Bertz CT molecular complexity index is 415. The summed E-state index contributed by atoms with van der Waals surface area (Å²) in [5, 5.41) is 7.77. The molecule has 2 aliphatic heterocycles. The highest BCUT2D eigenvalue weighted by Crippen LogP contribution is 2.27. The second-order valence-electron chi connectivity index (χ2n) is 5.16. The van der Waals surface area contributed by atoms with E-state index < -0.39 is 21.2 Å². The molecule has 0 saturated carbocycles. The van der Waals surface area contributed by atoms with Crippen LogP contribution < -0.4 is 0 Å². The Hall–Kier alpha value is -0.660. The van der Waals surface area contributed by atoms with Gasteiger partial charge in [0, 0.05) is 12.6 Å². The van der Waals surface area contributed by atoms with E-state index >= 15 is 0 Å². The molecule has 104 valence electrons. The normalized spacial score (nSPS) is 31.3. The lowest BCUT2D eigenvalue weighted by Gasteiger charge is -2.39. The average molecular weight is 276 g/mol. The molecule has 0 aromatic carbocycles. The van der Waals surface area contributed by atoms with Gasteiger partial charge >= 0.3 is 5.97 Å². The van der Waals surface area contributed by atoms with Crippen molar-refractivity contribution in [3.8, 4) is 0 Å². The number of nitrogens with zero attached hydrogens (tertiary/aromatic N) is 2. The fourth-order valence-electron chi connectivity index (χ4n) is 2.80. The van der Waals surface area contributed by atoms with Crippen LogP contribution in [-0.2, 0) is 14.8 Å². The zero-order chi connectivity index (χ0) is 13.3. The van der Waals surface area contributed by atoms with Crippen LogP contribution in [0.25, 0.3) is 0 Å². The highest BCUT2D eigenvalue weighted by molar-refractivity contribution is 7.90. The molecule has 6 nitrogen and oxygen atoms in total. The first-order chi connectivity index (χ1) is 8.43. The van der Waals surface area contributed by atoms with E-state index in [4.69, 9.17) is 5.11 Å². The Labute approximate surface area is 108 Å². The average Bonchev–Trinajstić information content (AvgIpc) is 2.29. The van der Waals surface area contributed by atoms with Crippen LogP contribution in [0.1, 0.15) is 25.7 Å². The summed E-state index contributed by atoms with van der Waals surface area (Å²) in [5.41, 5.74) is 0. The van der Waals surface area contributed by atoms with Gasteiger partial charge in [0.05, 0.1) is 0 Å². The Kier molecular flexibility index (Phi) is 3.93. The van der Waals surface area contributed by atoms with Crippen molar-refractivity contribution in [2.75, 3.05) is 26.7 Å². The molecule has 0 amide bonds. The van der Waals surface area contributed by atoms with Crippen LogP contribution in [0.15, 0.2) is 0 Å². The van der Waals surface area contributed by atoms with Crippen molar-refractivity contribution in [3.05, 3.63) is 0 Å². The predicted octanol–water partition coefficient (Wildman–Crippen LogP) is -0.0406. The summed E-state index contributed by atoms with van der Waals surface area (Å²) in [6.45, 7) is 2.21. The zero-order valence-corrected chi connectivity index (χ0v) is 11.4. The third-order valence-corrected chi connectivity index (χ3v) is 6.19. The van der Waals surface area contributed by atoms with Crippen molar-refractivity contribution in [2.24, 2.45) is 0 Å². The first-order valence-electron chi connectivity index (χ1n) is 6.35. The standard InChI is InChI=1S/C11H20N2O4S/c1-12-7-4-9(5-8-12)13-6-2-3-10(11(14)15)18(13,16)17/h9-10H,2-8H2,1H3,(H,14,15). The molecule has 1 atom stereocenters. The minimum Gasteiger partial charge on any atom is -0.480 e. The Balaban J connectivity index is 2.15. The molecule has 7 heteroatoms. The number of sulfonamides is 1. The Morgan fingerprint density at radius 2 is 1.78 bits per heavy atom. The number of hydrogen-bond acceptors (Lipinski definition) is 4. The summed E-state index contributed by atoms with van der Waals surface area (Å²) >= 11 is 0. The zero-order valence-electron chi connectivity index (χ0n) is 10.6. The second-order valence-corrected chi connectivity index (χ2v) is 7.23. The van der Waals surface area contributed by atoms with Gasteiger partial charge in [-0.05, 0) is 45.8 Å². The molecule has 1 N–H and O–H groups in total. The quantitative estimate of drug-likeness (QED) is 0.765. The van der Waals surface area contributed by atoms with Crippen molar-refractivity contribution < 1.29 is 18.3 Å².